The summed E-state index contributed by atoms with van der Waals surface area (Å²) in [5, 5.41) is 1.94. The summed E-state index contributed by atoms with van der Waals surface area (Å²) in [6, 6.07) is 10.7. The number of nitrogens with zero attached hydrogens (tertiary/aromatic N) is 1. The summed E-state index contributed by atoms with van der Waals surface area (Å²) in [7, 11) is -8.05. The number of hydrogen-bond acceptors (Lipinski definition) is 6. The number of aryl methyl sites for hydroxylation is 1. The maximum atomic E-state index is 13.4. The second-order valence-corrected chi connectivity index (χ2v) is 14.5. The van der Waals surface area contributed by atoms with Crippen LogP contribution in [0.2, 0.25) is 5.02 Å². The Labute approximate surface area is 202 Å². The number of methoxy groups -OCH3 is 1. The molecule has 0 saturated heterocycles. The number of carbonyl (C=O) groups excluding carboxylic acids is 1. The predicted octanol–water partition coefficient (Wildman–Crippen LogP) is 2.94. The molecule has 8 nitrogen and oxygen atoms in total. The van der Waals surface area contributed by atoms with Crippen LogP contribution in [0, 0.1) is 6.92 Å². The quantitative estimate of drug-likeness (QED) is 0.452. The molecular weight excluding hydrogens is 508 g/mol. The highest BCUT2D eigenvalue weighted by Gasteiger charge is 2.50. The van der Waals surface area contributed by atoms with Crippen molar-refractivity contribution in [1.29, 1.82) is 0 Å². The van der Waals surface area contributed by atoms with Crippen LogP contribution >= 0.6 is 22.3 Å². The van der Waals surface area contributed by atoms with Crippen molar-refractivity contribution in [2.24, 2.45) is 0 Å². The Bertz CT molecular complexity index is 1290. The number of rotatable bonds is 6. The number of nitrogens with one attached hydrogen (secondary N) is 1. The van der Waals surface area contributed by atoms with E-state index in [9.17, 15) is 21.6 Å². The normalized spacial score (nSPS) is 21.2. The molecule has 12 heteroatoms. The van der Waals surface area contributed by atoms with Crippen LogP contribution in [0.1, 0.15) is 19.4 Å². The highest BCUT2D eigenvalue weighted by atomic mass is 35.5. The monoisotopic (exact) mass is 532 g/mol. The largest absolute Gasteiger partial charge is 0.468 e. The fourth-order valence-corrected chi connectivity index (χ4v) is 9.55. The lowest BCUT2D eigenvalue weighted by atomic mass is 10.0. The van der Waals surface area contributed by atoms with E-state index in [4.69, 9.17) is 16.3 Å². The first kappa shape index (κ1) is 25.9. The SMILES string of the molecule is COC(=O)C1N(S(=O)(=O)c2ccc(Cl)cc2)CC=S(NS(=O)(=O)c2ccc(C)cc2)C1(C)C. The molecule has 3 rings (SSSR count). The molecule has 0 aliphatic carbocycles. The third-order valence-corrected chi connectivity index (χ3v) is 11.7. The van der Waals surface area contributed by atoms with Crippen LogP contribution in [0.15, 0.2) is 58.3 Å². The molecule has 0 fully saturated rings. The van der Waals surface area contributed by atoms with Crippen molar-refractivity contribution in [3.8, 4) is 0 Å². The number of sulfonamides is 2. The van der Waals surface area contributed by atoms with Crippen LogP contribution in [0.4, 0.5) is 0 Å². The van der Waals surface area contributed by atoms with Gasteiger partial charge in [-0.1, -0.05) is 29.3 Å². The van der Waals surface area contributed by atoms with E-state index in [0.717, 1.165) is 9.87 Å². The number of esters is 1. The van der Waals surface area contributed by atoms with E-state index in [1.165, 1.54) is 43.5 Å². The van der Waals surface area contributed by atoms with Crippen molar-refractivity contribution in [2.45, 2.75) is 41.4 Å². The molecule has 2 unspecified atom stereocenters. The van der Waals surface area contributed by atoms with Gasteiger partial charge in [0, 0.05) is 16.3 Å². The van der Waals surface area contributed by atoms with Crippen molar-refractivity contribution in [1.82, 2.24) is 8.43 Å². The Morgan fingerprint density at radius 2 is 1.61 bits per heavy atom. The van der Waals surface area contributed by atoms with Gasteiger partial charge in [0.1, 0.15) is 6.04 Å². The summed E-state index contributed by atoms with van der Waals surface area (Å²) in [4.78, 5) is 12.9. The first-order chi connectivity index (χ1) is 15.3. The van der Waals surface area contributed by atoms with Gasteiger partial charge in [-0.2, -0.15) is 8.43 Å². The van der Waals surface area contributed by atoms with E-state index in [1.54, 1.807) is 31.3 Å². The summed E-state index contributed by atoms with van der Waals surface area (Å²) in [6.07, 6.45) is 0. The van der Waals surface area contributed by atoms with Crippen molar-refractivity contribution in [2.75, 3.05) is 13.7 Å². The summed E-state index contributed by atoms with van der Waals surface area (Å²) < 4.78 is 60.2. The lowest BCUT2D eigenvalue weighted by molar-refractivity contribution is -0.145. The van der Waals surface area contributed by atoms with Crippen LogP contribution < -0.4 is 4.13 Å². The smallest absolute Gasteiger partial charge is 0.325 e. The Hall–Kier alpha value is -1.76. The first-order valence-electron chi connectivity index (χ1n) is 9.81. The van der Waals surface area contributed by atoms with Crippen molar-refractivity contribution >= 4 is 53.7 Å². The zero-order valence-corrected chi connectivity index (χ0v) is 21.7. The molecule has 1 N–H and O–H groups in total. The van der Waals surface area contributed by atoms with E-state index < -0.39 is 47.5 Å². The lowest BCUT2D eigenvalue weighted by Gasteiger charge is -2.44. The van der Waals surface area contributed by atoms with E-state index in [-0.39, 0.29) is 16.3 Å². The van der Waals surface area contributed by atoms with Gasteiger partial charge in [-0.3, -0.25) is 4.79 Å². The van der Waals surface area contributed by atoms with Crippen molar-refractivity contribution < 1.29 is 26.4 Å². The van der Waals surface area contributed by atoms with Gasteiger partial charge >= 0.3 is 5.97 Å². The number of benzene rings is 2. The molecule has 2 aromatic carbocycles. The van der Waals surface area contributed by atoms with E-state index in [0.29, 0.717) is 5.02 Å². The first-order valence-corrected chi connectivity index (χ1v) is 14.4. The molecule has 0 aromatic heterocycles. The summed E-state index contributed by atoms with van der Waals surface area (Å²) in [5.74, 6) is -0.780. The standard InChI is InChI=1S/C21H25ClN2O6S3/c1-15-5-9-17(10-6-15)32(26,27)23-31-14-13-24(19(20(25)30-4)21(31,2)3)33(28,29)18-11-7-16(22)8-12-18/h5-12,14,19,23H,13H2,1-4H3. The van der Waals surface area contributed by atoms with Crippen LogP contribution in [0.25, 0.3) is 0 Å². The van der Waals surface area contributed by atoms with Gasteiger partial charge in [0.2, 0.25) is 20.0 Å². The Balaban J connectivity index is 2.04. The number of ether oxygens (including phenoxy) is 1. The van der Waals surface area contributed by atoms with Crippen LogP contribution in [-0.2, 0) is 29.6 Å². The molecule has 2 atom stereocenters. The minimum absolute atomic E-state index is 0.0352. The highest BCUT2D eigenvalue weighted by molar-refractivity contribution is 8.21. The third kappa shape index (κ3) is 5.18. The van der Waals surface area contributed by atoms with Gasteiger partial charge < -0.3 is 4.74 Å². The molecule has 1 aliphatic rings. The minimum atomic E-state index is -4.11. The Morgan fingerprint density at radius 3 is 2.15 bits per heavy atom. The molecule has 0 amide bonds. The fraction of sp³-hybridized carbons (Fsp3) is 0.333. The molecule has 33 heavy (non-hydrogen) atoms. The summed E-state index contributed by atoms with van der Waals surface area (Å²) >= 11 is 5.88. The molecule has 1 aliphatic heterocycles. The van der Waals surface area contributed by atoms with Gasteiger partial charge in [-0.05, 0) is 62.5 Å². The van der Waals surface area contributed by atoms with E-state index >= 15 is 0 Å². The zero-order valence-electron chi connectivity index (χ0n) is 18.5. The minimum Gasteiger partial charge on any atom is -0.468 e. The second kappa shape index (κ2) is 9.47. The van der Waals surface area contributed by atoms with Crippen molar-refractivity contribution in [3.63, 3.8) is 0 Å². The molecule has 0 bridgehead atoms. The van der Waals surface area contributed by atoms with Gasteiger partial charge in [-0.15, -0.1) is 10.7 Å². The highest BCUT2D eigenvalue weighted by Crippen LogP contribution is 2.41. The van der Waals surface area contributed by atoms with Gasteiger partial charge in [0.05, 0.1) is 16.9 Å². The maximum absolute atomic E-state index is 13.4. The zero-order chi connectivity index (χ0) is 24.6. The average molecular weight is 533 g/mol. The number of hydrogen-bond donors (Lipinski definition) is 1. The molecule has 0 saturated carbocycles. The molecule has 0 radical (unpaired) electrons. The molecule has 180 valence electrons. The van der Waals surface area contributed by atoms with Crippen LogP contribution in [-0.4, -0.2) is 56.9 Å². The maximum Gasteiger partial charge on any atom is 0.325 e. The summed E-state index contributed by atoms with van der Waals surface area (Å²) in [6.45, 7) is 4.93. The average Bonchev–Trinajstić information content (AvgIpc) is 2.74. The molecular formula is C21H25ClN2O6S3. The lowest BCUT2D eigenvalue weighted by Crippen LogP contribution is -2.60. The topological polar surface area (TPSA) is 110 Å². The molecule has 2 aromatic rings. The van der Waals surface area contributed by atoms with Crippen LogP contribution in [0.5, 0.6) is 0 Å². The van der Waals surface area contributed by atoms with E-state index in [2.05, 4.69) is 4.13 Å². The van der Waals surface area contributed by atoms with Crippen molar-refractivity contribution in [3.05, 3.63) is 59.1 Å². The summed E-state index contributed by atoms with van der Waals surface area (Å²) in [5.41, 5.74) is 0.912. The van der Waals surface area contributed by atoms with Gasteiger partial charge in [0.25, 0.3) is 0 Å². The number of halogens is 1. The van der Waals surface area contributed by atoms with E-state index in [1.807, 2.05) is 6.92 Å². The van der Waals surface area contributed by atoms with Gasteiger partial charge in [-0.25, -0.2) is 16.8 Å². The Kier molecular flexibility index (Phi) is 7.42. The second-order valence-electron chi connectivity index (χ2n) is 7.96. The van der Waals surface area contributed by atoms with Crippen LogP contribution in [0.3, 0.4) is 0 Å². The predicted molar refractivity (Wildman–Crippen MR) is 130 cm³/mol. The molecule has 1 heterocycles. The Morgan fingerprint density at radius 1 is 1.06 bits per heavy atom. The fourth-order valence-electron chi connectivity index (χ4n) is 3.45. The van der Waals surface area contributed by atoms with Gasteiger partial charge in [0.15, 0.2) is 0 Å². The molecule has 0 spiro atoms. The number of carbonyl (C=O) groups is 1. The third-order valence-electron chi connectivity index (χ3n) is 5.31.